The number of H-pyrrole nitrogens is 2. The molecule has 0 aliphatic heterocycles. The van der Waals surface area contributed by atoms with E-state index in [1.807, 2.05) is 0 Å². The molecule has 0 spiro atoms. The van der Waals surface area contributed by atoms with Crippen molar-refractivity contribution in [2.75, 3.05) is 7.11 Å². The van der Waals surface area contributed by atoms with E-state index < -0.39 is 5.97 Å². The van der Waals surface area contributed by atoms with E-state index >= 15 is 0 Å². The smallest absolute Gasteiger partial charge is 0.339 e. The Morgan fingerprint density at radius 1 is 1.14 bits per heavy atom. The molecule has 106 valence electrons. The normalized spacial score (nSPS) is 10.7. The summed E-state index contributed by atoms with van der Waals surface area (Å²) in [6.07, 6.45) is 0. The van der Waals surface area contributed by atoms with Crippen LogP contribution >= 0.6 is 0 Å². The van der Waals surface area contributed by atoms with Crippen LogP contribution in [-0.4, -0.2) is 28.2 Å². The van der Waals surface area contributed by atoms with Crippen molar-refractivity contribution in [1.82, 2.24) is 9.97 Å². The lowest BCUT2D eigenvalue weighted by Gasteiger charge is -2.11. The summed E-state index contributed by atoms with van der Waals surface area (Å²) in [7, 11) is 1.43. The van der Waals surface area contributed by atoms with E-state index in [0.717, 1.165) is 5.56 Å². The highest BCUT2D eigenvalue weighted by atomic mass is 16.5. The van der Waals surface area contributed by atoms with Crippen molar-refractivity contribution >= 4 is 17.0 Å². The minimum absolute atomic E-state index is 0.0951. The Kier molecular flexibility index (Phi) is 2.98. The molecule has 1 aromatic heterocycles. The Morgan fingerprint density at radius 2 is 1.90 bits per heavy atom. The summed E-state index contributed by atoms with van der Waals surface area (Å²) in [5, 5.41) is 9.21. The minimum atomic E-state index is -1.05. The average molecular weight is 284 g/mol. The predicted molar refractivity (Wildman–Crippen MR) is 77.9 cm³/mol. The highest BCUT2D eigenvalue weighted by molar-refractivity contribution is 5.95. The van der Waals surface area contributed by atoms with Crippen LogP contribution in [0.25, 0.3) is 22.2 Å². The van der Waals surface area contributed by atoms with Gasteiger partial charge in [-0.05, 0) is 23.8 Å². The largest absolute Gasteiger partial charge is 0.495 e. The molecule has 0 unspecified atom stereocenters. The summed E-state index contributed by atoms with van der Waals surface area (Å²) in [4.78, 5) is 27.9. The number of methoxy groups -OCH3 is 1. The monoisotopic (exact) mass is 284 g/mol. The molecule has 2 aromatic carbocycles. The fourth-order valence-electron chi connectivity index (χ4n) is 2.35. The molecule has 0 saturated carbocycles. The average Bonchev–Trinajstić information content (AvgIpc) is 2.85. The van der Waals surface area contributed by atoms with E-state index in [1.165, 1.54) is 13.2 Å². The zero-order chi connectivity index (χ0) is 15.0. The van der Waals surface area contributed by atoms with Gasteiger partial charge in [0.25, 0.3) is 0 Å². The third kappa shape index (κ3) is 2.16. The molecule has 3 N–H and O–H groups in total. The van der Waals surface area contributed by atoms with Gasteiger partial charge in [0, 0.05) is 5.56 Å². The zero-order valence-corrected chi connectivity index (χ0v) is 11.1. The summed E-state index contributed by atoms with van der Waals surface area (Å²) in [5.41, 5.74) is 2.57. The van der Waals surface area contributed by atoms with E-state index in [9.17, 15) is 14.7 Å². The van der Waals surface area contributed by atoms with Gasteiger partial charge in [-0.15, -0.1) is 0 Å². The number of imidazole rings is 1. The number of fused-ring (bicyclic) bond motifs is 1. The van der Waals surface area contributed by atoms with Crippen molar-refractivity contribution in [3.63, 3.8) is 0 Å². The van der Waals surface area contributed by atoms with Crippen molar-refractivity contribution in [3.05, 3.63) is 52.4 Å². The number of para-hydroxylation sites is 1. The van der Waals surface area contributed by atoms with Crippen LogP contribution < -0.4 is 10.4 Å². The summed E-state index contributed by atoms with van der Waals surface area (Å²) in [5.74, 6) is -0.757. The first kappa shape index (κ1) is 13.0. The van der Waals surface area contributed by atoms with Gasteiger partial charge in [0.05, 0.1) is 18.1 Å². The number of aromatic nitrogens is 2. The number of hydrogen-bond donors (Lipinski definition) is 3. The molecular formula is C15H12N2O4. The third-order valence-electron chi connectivity index (χ3n) is 3.28. The second kappa shape index (κ2) is 4.82. The van der Waals surface area contributed by atoms with Crippen LogP contribution in [0.15, 0.2) is 41.2 Å². The molecule has 0 fully saturated rings. The number of hydrogen-bond acceptors (Lipinski definition) is 3. The maximum atomic E-state index is 11.3. The van der Waals surface area contributed by atoms with Crippen molar-refractivity contribution in [3.8, 4) is 16.9 Å². The topological polar surface area (TPSA) is 95.2 Å². The summed E-state index contributed by atoms with van der Waals surface area (Å²) in [6.45, 7) is 0. The number of carboxylic acids is 1. The standard InChI is InChI=1S/C15H12N2O4/c1-21-13-9(3-2-4-10(13)14(18)19)8-5-6-11-12(7-8)17-15(20)16-11/h2-7H,1H3,(H,18,19)(H2,16,17,20). The number of rotatable bonds is 3. The molecule has 6 nitrogen and oxygen atoms in total. The first-order valence-corrected chi connectivity index (χ1v) is 6.23. The quantitative estimate of drug-likeness (QED) is 0.687. The van der Waals surface area contributed by atoms with Crippen molar-refractivity contribution in [2.45, 2.75) is 0 Å². The van der Waals surface area contributed by atoms with Crippen LogP contribution in [0.4, 0.5) is 0 Å². The SMILES string of the molecule is COc1c(C(=O)O)cccc1-c1ccc2[nH]c(=O)[nH]c2c1. The van der Waals surface area contributed by atoms with Crippen molar-refractivity contribution in [1.29, 1.82) is 0 Å². The van der Waals surface area contributed by atoms with Crippen LogP contribution in [0.5, 0.6) is 5.75 Å². The second-order valence-electron chi connectivity index (χ2n) is 4.53. The number of aromatic amines is 2. The van der Waals surface area contributed by atoms with Gasteiger partial charge in [0.2, 0.25) is 0 Å². The first-order chi connectivity index (χ1) is 10.1. The lowest BCUT2D eigenvalue weighted by molar-refractivity contribution is 0.0693. The number of ether oxygens (including phenoxy) is 1. The molecule has 0 saturated heterocycles. The molecule has 6 heteroatoms. The highest BCUT2D eigenvalue weighted by Gasteiger charge is 2.16. The Labute approximate surface area is 119 Å². The molecule has 3 aromatic rings. The molecule has 0 aliphatic carbocycles. The second-order valence-corrected chi connectivity index (χ2v) is 4.53. The number of benzene rings is 2. The number of nitrogens with one attached hydrogen (secondary N) is 2. The Balaban J connectivity index is 2.24. The van der Waals surface area contributed by atoms with Gasteiger partial charge in [0.1, 0.15) is 11.3 Å². The Morgan fingerprint density at radius 3 is 2.62 bits per heavy atom. The van der Waals surface area contributed by atoms with Crippen LogP contribution in [0.2, 0.25) is 0 Å². The van der Waals surface area contributed by atoms with Gasteiger partial charge in [-0.2, -0.15) is 0 Å². The highest BCUT2D eigenvalue weighted by Crippen LogP contribution is 2.34. The molecule has 1 heterocycles. The van der Waals surface area contributed by atoms with Crippen LogP contribution in [-0.2, 0) is 0 Å². The number of carboxylic acid groups (broad SMARTS) is 1. The Bertz CT molecular complexity index is 892. The van der Waals surface area contributed by atoms with E-state index in [0.29, 0.717) is 22.3 Å². The lowest BCUT2D eigenvalue weighted by Crippen LogP contribution is -2.01. The molecule has 0 bridgehead atoms. The number of carbonyl (C=O) groups is 1. The van der Waals surface area contributed by atoms with Gasteiger partial charge in [-0.1, -0.05) is 18.2 Å². The van der Waals surface area contributed by atoms with E-state index in [1.54, 1.807) is 30.3 Å². The third-order valence-corrected chi connectivity index (χ3v) is 3.28. The van der Waals surface area contributed by atoms with E-state index in [-0.39, 0.29) is 11.3 Å². The molecule has 0 amide bonds. The maximum Gasteiger partial charge on any atom is 0.339 e. The van der Waals surface area contributed by atoms with Gasteiger partial charge >= 0.3 is 11.7 Å². The molecule has 0 aliphatic rings. The molecule has 21 heavy (non-hydrogen) atoms. The molecule has 0 atom stereocenters. The van der Waals surface area contributed by atoms with Gasteiger partial charge in [-0.25, -0.2) is 9.59 Å². The van der Waals surface area contributed by atoms with Gasteiger partial charge < -0.3 is 19.8 Å². The predicted octanol–water partition coefficient (Wildman–Crippen LogP) is 2.23. The summed E-state index contributed by atoms with van der Waals surface area (Å²) < 4.78 is 5.25. The van der Waals surface area contributed by atoms with E-state index in [4.69, 9.17) is 4.74 Å². The van der Waals surface area contributed by atoms with Crippen LogP contribution in [0.1, 0.15) is 10.4 Å². The van der Waals surface area contributed by atoms with Crippen LogP contribution in [0, 0.1) is 0 Å². The maximum absolute atomic E-state index is 11.3. The summed E-state index contributed by atoms with van der Waals surface area (Å²) >= 11 is 0. The molecule has 0 radical (unpaired) electrons. The van der Waals surface area contributed by atoms with E-state index in [2.05, 4.69) is 9.97 Å². The number of aromatic carboxylic acids is 1. The van der Waals surface area contributed by atoms with Crippen LogP contribution in [0.3, 0.4) is 0 Å². The van der Waals surface area contributed by atoms with Crippen molar-refractivity contribution in [2.24, 2.45) is 0 Å². The van der Waals surface area contributed by atoms with Crippen molar-refractivity contribution < 1.29 is 14.6 Å². The first-order valence-electron chi connectivity index (χ1n) is 6.23. The Hall–Kier alpha value is -3.02. The minimum Gasteiger partial charge on any atom is -0.495 e. The molecular weight excluding hydrogens is 272 g/mol. The fraction of sp³-hybridized carbons (Fsp3) is 0.0667. The fourth-order valence-corrected chi connectivity index (χ4v) is 2.35. The zero-order valence-electron chi connectivity index (χ0n) is 11.1. The lowest BCUT2D eigenvalue weighted by atomic mass is 10.0. The van der Waals surface area contributed by atoms with Gasteiger partial charge in [0.15, 0.2) is 0 Å². The summed E-state index contributed by atoms with van der Waals surface area (Å²) in [6, 6.07) is 10.3. The molecule has 3 rings (SSSR count). The van der Waals surface area contributed by atoms with Gasteiger partial charge in [-0.3, -0.25) is 0 Å².